The third-order valence-corrected chi connectivity index (χ3v) is 4.91. The summed E-state index contributed by atoms with van der Waals surface area (Å²) >= 11 is 1.61. The van der Waals surface area contributed by atoms with Crippen LogP contribution in [0.25, 0.3) is 11.0 Å². The molecule has 0 bridgehead atoms. The fraction of sp³-hybridized carbons (Fsp3) is 0.250. The number of amides is 1. The van der Waals surface area contributed by atoms with Gasteiger partial charge in [0.05, 0.1) is 17.6 Å². The number of fused-ring (bicyclic) bond motifs is 1. The number of aromatic amines is 1. The number of nitrogens with zero attached hydrogens (tertiary/aromatic N) is 2. The lowest BCUT2D eigenvalue weighted by Crippen LogP contribution is -2.33. The number of ether oxygens (including phenoxy) is 1. The molecule has 140 valence electrons. The van der Waals surface area contributed by atoms with Gasteiger partial charge >= 0.3 is 5.97 Å². The van der Waals surface area contributed by atoms with Crippen LogP contribution in [-0.2, 0) is 15.3 Å². The van der Waals surface area contributed by atoms with Crippen molar-refractivity contribution in [2.24, 2.45) is 0 Å². The lowest BCUT2D eigenvalue weighted by atomic mass is 10.1. The van der Waals surface area contributed by atoms with Crippen molar-refractivity contribution in [3.63, 3.8) is 0 Å². The van der Waals surface area contributed by atoms with E-state index in [9.17, 15) is 9.59 Å². The van der Waals surface area contributed by atoms with Gasteiger partial charge in [-0.15, -0.1) is 0 Å². The second kappa shape index (κ2) is 8.73. The van der Waals surface area contributed by atoms with E-state index in [1.54, 1.807) is 37.9 Å². The zero-order valence-electron chi connectivity index (χ0n) is 15.3. The molecule has 0 unspecified atom stereocenters. The number of benzene rings is 2. The summed E-state index contributed by atoms with van der Waals surface area (Å²) < 4.78 is 4.87. The fourth-order valence-corrected chi connectivity index (χ4v) is 3.43. The SMILES string of the molecule is CCOC(=O)CN(C)C(=O)c1ccc(CSc2nc3ccccc3[nH]2)cc1. The van der Waals surface area contributed by atoms with Crippen LogP contribution in [0.2, 0.25) is 0 Å². The number of para-hydroxylation sites is 2. The maximum absolute atomic E-state index is 12.4. The van der Waals surface area contributed by atoms with Gasteiger partial charge in [-0.1, -0.05) is 36.0 Å². The van der Waals surface area contributed by atoms with E-state index in [2.05, 4.69) is 9.97 Å². The van der Waals surface area contributed by atoms with Gasteiger partial charge < -0.3 is 14.6 Å². The highest BCUT2D eigenvalue weighted by Crippen LogP contribution is 2.23. The summed E-state index contributed by atoms with van der Waals surface area (Å²) in [6.45, 7) is 1.98. The van der Waals surface area contributed by atoms with Crippen molar-refractivity contribution in [2.75, 3.05) is 20.2 Å². The first kappa shape index (κ1) is 19.0. The van der Waals surface area contributed by atoms with Gasteiger partial charge in [0.2, 0.25) is 0 Å². The molecule has 7 heteroatoms. The Morgan fingerprint density at radius 3 is 2.59 bits per heavy atom. The lowest BCUT2D eigenvalue weighted by Gasteiger charge is -2.16. The summed E-state index contributed by atoms with van der Waals surface area (Å²) in [4.78, 5) is 33.1. The average molecular weight is 383 g/mol. The molecule has 0 saturated carbocycles. The van der Waals surface area contributed by atoms with Crippen molar-refractivity contribution < 1.29 is 14.3 Å². The number of esters is 1. The van der Waals surface area contributed by atoms with E-state index < -0.39 is 5.97 Å². The van der Waals surface area contributed by atoms with E-state index in [4.69, 9.17) is 4.74 Å². The highest BCUT2D eigenvalue weighted by Gasteiger charge is 2.15. The predicted octanol–water partition coefficient (Wildman–Crippen LogP) is 3.49. The first-order chi connectivity index (χ1) is 13.1. The molecule has 3 rings (SSSR count). The number of rotatable bonds is 7. The molecule has 0 atom stereocenters. The van der Waals surface area contributed by atoms with E-state index in [1.807, 2.05) is 36.4 Å². The topological polar surface area (TPSA) is 75.3 Å². The van der Waals surface area contributed by atoms with Crippen molar-refractivity contribution in [1.29, 1.82) is 0 Å². The van der Waals surface area contributed by atoms with Crippen LogP contribution < -0.4 is 0 Å². The number of hydrogen-bond acceptors (Lipinski definition) is 5. The minimum atomic E-state index is -0.410. The standard InChI is InChI=1S/C20H21N3O3S/c1-3-26-18(24)12-23(2)19(25)15-10-8-14(9-11-15)13-27-20-21-16-6-4-5-7-17(16)22-20/h4-11H,3,12-13H2,1-2H3,(H,21,22). The van der Waals surface area contributed by atoms with Crippen LogP contribution in [0.1, 0.15) is 22.8 Å². The zero-order valence-corrected chi connectivity index (χ0v) is 16.1. The molecule has 0 aliphatic heterocycles. The summed E-state index contributed by atoms with van der Waals surface area (Å²) in [6, 6.07) is 15.3. The molecule has 1 amide bonds. The zero-order chi connectivity index (χ0) is 19.2. The fourth-order valence-electron chi connectivity index (χ4n) is 2.59. The number of hydrogen-bond donors (Lipinski definition) is 1. The Morgan fingerprint density at radius 1 is 1.15 bits per heavy atom. The van der Waals surface area contributed by atoms with Gasteiger partial charge in [0.15, 0.2) is 5.16 Å². The molecule has 0 radical (unpaired) electrons. The van der Waals surface area contributed by atoms with Crippen LogP contribution in [-0.4, -0.2) is 46.9 Å². The largest absolute Gasteiger partial charge is 0.465 e. The normalized spacial score (nSPS) is 10.7. The molecule has 0 aliphatic carbocycles. The van der Waals surface area contributed by atoms with Crippen molar-refractivity contribution >= 4 is 34.7 Å². The van der Waals surface area contributed by atoms with Gasteiger partial charge in [0, 0.05) is 18.4 Å². The first-order valence-corrected chi connectivity index (χ1v) is 9.63. The molecule has 3 aromatic rings. The van der Waals surface area contributed by atoms with Gasteiger partial charge in [0.1, 0.15) is 6.54 Å². The highest BCUT2D eigenvalue weighted by atomic mass is 32.2. The van der Waals surface area contributed by atoms with Crippen LogP contribution in [0.4, 0.5) is 0 Å². The Morgan fingerprint density at radius 2 is 1.89 bits per heavy atom. The van der Waals surface area contributed by atoms with Crippen LogP contribution in [0.5, 0.6) is 0 Å². The third kappa shape index (κ3) is 4.89. The molecular formula is C20H21N3O3S. The molecule has 2 aromatic carbocycles. The maximum Gasteiger partial charge on any atom is 0.325 e. The average Bonchev–Trinajstić information content (AvgIpc) is 3.09. The monoisotopic (exact) mass is 383 g/mol. The Bertz CT molecular complexity index is 904. The molecular weight excluding hydrogens is 362 g/mol. The van der Waals surface area contributed by atoms with Crippen molar-refractivity contribution in [1.82, 2.24) is 14.9 Å². The summed E-state index contributed by atoms with van der Waals surface area (Å²) in [6.07, 6.45) is 0. The molecule has 1 N–H and O–H groups in total. The molecule has 0 aliphatic rings. The summed E-state index contributed by atoms with van der Waals surface area (Å²) in [5.41, 5.74) is 3.60. The number of imidazole rings is 1. The van der Waals surface area contributed by atoms with Gasteiger partial charge in [-0.25, -0.2) is 4.98 Å². The van der Waals surface area contributed by atoms with E-state index in [0.717, 1.165) is 27.5 Å². The van der Waals surface area contributed by atoms with Crippen LogP contribution >= 0.6 is 11.8 Å². The van der Waals surface area contributed by atoms with Gasteiger partial charge in [0.25, 0.3) is 5.91 Å². The summed E-state index contributed by atoms with van der Waals surface area (Å²) in [5.74, 6) is 0.124. The number of thioether (sulfide) groups is 1. The van der Waals surface area contributed by atoms with E-state index in [0.29, 0.717) is 12.2 Å². The number of nitrogens with one attached hydrogen (secondary N) is 1. The molecule has 27 heavy (non-hydrogen) atoms. The van der Waals surface area contributed by atoms with Crippen molar-refractivity contribution in [3.05, 3.63) is 59.7 Å². The molecule has 1 aromatic heterocycles. The number of aromatic nitrogens is 2. The molecule has 0 fully saturated rings. The number of H-pyrrole nitrogens is 1. The van der Waals surface area contributed by atoms with Gasteiger partial charge in [-0.3, -0.25) is 9.59 Å². The number of likely N-dealkylation sites (N-methyl/N-ethyl adjacent to an activating group) is 1. The number of carbonyl (C=O) groups is 2. The molecule has 6 nitrogen and oxygen atoms in total. The van der Waals surface area contributed by atoms with E-state index in [1.165, 1.54) is 4.90 Å². The Balaban J connectivity index is 1.57. The Labute approximate surface area is 161 Å². The second-order valence-electron chi connectivity index (χ2n) is 6.01. The van der Waals surface area contributed by atoms with E-state index >= 15 is 0 Å². The smallest absolute Gasteiger partial charge is 0.325 e. The number of carbonyl (C=O) groups excluding carboxylic acids is 2. The molecule has 0 spiro atoms. The van der Waals surface area contributed by atoms with Crippen molar-refractivity contribution in [3.8, 4) is 0 Å². The summed E-state index contributed by atoms with van der Waals surface area (Å²) in [5, 5.41) is 0.866. The minimum Gasteiger partial charge on any atom is -0.465 e. The summed E-state index contributed by atoms with van der Waals surface area (Å²) in [7, 11) is 1.59. The second-order valence-corrected chi connectivity index (χ2v) is 6.97. The van der Waals surface area contributed by atoms with Crippen LogP contribution in [0, 0.1) is 0 Å². The minimum absolute atomic E-state index is 0.0592. The molecule has 0 saturated heterocycles. The Hall–Kier alpha value is -2.80. The predicted molar refractivity (Wildman–Crippen MR) is 106 cm³/mol. The molecule has 1 heterocycles. The van der Waals surface area contributed by atoms with Gasteiger partial charge in [-0.05, 0) is 36.8 Å². The van der Waals surface area contributed by atoms with E-state index in [-0.39, 0.29) is 12.5 Å². The maximum atomic E-state index is 12.4. The first-order valence-electron chi connectivity index (χ1n) is 8.64. The lowest BCUT2D eigenvalue weighted by molar-refractivity contribution is -0.143. The quantitative estimate of drug-likeness (QED) is 0.499. The van der Waals surface area contributed by atoms with Crippen molar-refractivity contribution in [2.45, 2.75) is 17.8 Å². The van der Waals surface area contributed by atoms with Crippen LogP contribution in [0.15, 0.2) is 53.7 Å². The van der Waals surface area contributed by atoms with Gasteiger partial charge in [-0.2, -0.15) is 0 Å². The highest BCUT2D eigenvalue weighted by molar-refractivity contribution is 7.98. The third-order valence-electron chi connectivity index (χ3n) is 3.96. The Kier molecular flexibility index (Phi) is 6.13. The van der Waals surface area contributed by atoms with Crippen LogP contribution in [0.3, 0.4) is 0 Å².